The molecular weight excluding hydrogens is 346 g/mol. The first-order valence-corrected chi connectivity index (χ1v) is 11.8. The van der Waals surface area contributed by atoms with Gasteiger partial charge in [0.1, 0.15) is 0 Å². The molecule has 0 unspecified atom stereocenters. The molecule has 160 valence electrons. The third kappa shape index (κ3) is 9.71. The quantitative estimate of drug-likeness (QED) is 0.158. The van der Waals surface area contributed by atoms with E-state index in [1.165, 1.54) is 83.5 Å². The van der Waals surface area contributed by atoms with Crippen molar-refractivity contribution in [2.45, 2.75) is 124 Å². The topological polar surface area (TPSA) is 49.9 Å². The molecule has 0 radical (unpaired) electrons. The molecule has 3 nitrogen and oxygen atoms in total. The number of hydrogen-bond acceptors (Lipinski definition) is 2. The molecule has 0 amide bonds. The van der Waals surface area contributed by atoms with Crippen LogP contribution in [0.4, 0.5) is 0 Å². The minimum atomic E-state index is 0.110. The highest BCUT2D eigenvalue weighted by Crippen LogP contribution is 2.20. The van der Waals surface area contributed by atoms with Gasteiger partial charge in [0.05, 0.1) is 5.69 Å². The number of unbranched alkanes of at least 4 members (excludes halogenated alkanes) is 14. The molecule has 0 aliphatic rings. The fraction of sp³-hybridized carbons (Fsp3) is 0.760. The van der Waals surface area contributed by atoms with Crippen molar-refractivity contribution < 1.29 is 9.59 Å². The van der Waals surface area contributed by atoms with Crippen LogP contribution in [0.25, 0.3) is 0 Å². The number of aromatic amines is 1. The normalized spacial score (nSPS) is 11.1. The molecule has 28 heavy (non-hydrogen) atoms. The van der Waals surface area contributed by atoms with Gasteiger partial charge in [0, 0.05) is 17.7 Å². The Morgan fingerprint density at radius 1 is 0.750 bits per heavy atom. The summed E-state index contributed by atoms with van der Waals surface area (Å²) in [6.07, 6.45) is 21.2. The molecule has 0 saturated heterocycles. The number of rotatable bonds is 18. The van der Waals surface area contributed by atoms with Crippen molar-refractivity contribution in [3.8, 4) is 0 Å². The zero-order valence-electron chi connectivity index (χ0n) is 18.7. The van der Waals surface area contributed by atoms with E-state index in [-0.39, 0.29) is 5.78 Å². The van der Waals surface area contributed by atoms with Gasteiger partial charge in [-0.2, -0.15) is 0 Å². The number of aldehydes is 1. The van der Waals surface area contributed by atoms with Crippen molar-refractivity contribution in [2.75, 3.05) is 0 Å². The number of ketones is 1. The third-order valence-corrected chi connectivity index (χ3v) is 5.93. The van der Waals surface area contributed by atoms with E-state index >= 15 is 0 Å². The highest BCUT2D eigenvalue weighted by molar-refractivity contribution is 6.03. The summed E-state index contributed by atoms with van der Waals surface area (Å²) in [4.78, 5) is 26.5. The van der Waals surface area contributed by atoms with Gasteiger partial charge >= 0.3 is 0 Å². The van der Waals surface area contributed by atoms with E-state index in [1.54, 1.807) is 0 Å². The zero-order chi connectivity index (χ0) is 20.6. The second-order valence-electron chi connectivity index (χ2n) is 8.40. The molecule has 1 heterocycles. The number of nitrogens with one attached hydrogen (secondary N) is 1. The average Bonchev–Trinajstić information content (AvgIpc) is 2.98. The first-order valence-electron chi connectivity index (χ1n) is 11.8. The van der Waals surface area contributed by atoms with Gasteiger partial charge in [-0.3, -0.25) is 9.59 Å². The SMILES string of the molecule is CCCCCCCCCCCCCCCCCC(=O)c1c(C=O)[nH]c(C)c1C. The van der Waals surface area contributed by atoms with Gasteiger partial charge in [-0.05, 0) is 25.8 Å². The second kappa shape index (κ2) is 15.5. The number of carbonyl (C=O) groups excluding carboxylic acids is 2. The Labute approximate surface area is 173 Å². The summed E-state index contributed by atoms with van der Waals surface area (Å²) in [5, 5.41) is 0. The molecule has 0 aromatic carbocycles. The van der Waals surface area contributed by atoms with Crippen molar-refractivity contribution in [1.29, 1.82) is 0 Å². The summed E-state index contributed by atoms with van der Waals surface area (Å²) in [5.41, 5.74) is 2.90. The van der Waals surface area contributed by atoms with E-state index < -0.39 is 0 Å². The molecule has 0 spiro atoms. The standard InChI is InChI=1S/C25H43NO2/c1-4-5-6-7-8-9-10-11-12-13-14-15-16-17-18-19-24(28)25-21(2)22(3)26-23(25)20-27/h20,26H,4-19H2,1-3H3. The maximum Gasteiger partial charge on any atom is 0.167 e. The van der Waals surface area contributed by atoms with Crippen LogP contribution >= 0.6 is 0 Å². The Morgan fingerprint density at radius 3 is 1.61 bits per heavy atom. The summed E-state index contributed by atoms with van der Waals surface area (Å²) in [6, 6.07) is 0. The van der Waals surface area contributed by atoms with Crippen LogP contribution in [0, 0.1) is 13.8 Å². The molecule has 0 saturated carbocycles. The predicted molar refractivity (Wildman–Crippen MR) is 120 cm³/mol. The van der Waals surface area contributed by atoms with Gasteiger partial charge in [0.15, 0.2) is 12.1 Å². The summed E-state index contributed by atoms with van der Waals surface area (Å²) in [5.74, 6) is 0.110. The fourth-order valence-corrected chi connectivity index (χ4v) is 3.98. The van der Waals surface area contributed by atoms with Gasteiger partial charge in [-0.1, -0.05) is 96.8 Å². The molecule has 0 fully saturated rings. The van der Waals surface area contributed by atoms with E-state index in [0.29, 0.717) is 17.7 Å². The summed E-state index contributed by atoms with van der Waals surface area (Å²) in [7, 11) is 0. The van der Waals surface area contributed by atoms with Crippen molar-refractivity contribution in [1.82, 2.24) is 4.98 Å². The van der Waals surface area contributed by atoms with Gasteiger partial charge in [0.2, 0.25) is 0 Å². The van der Waals surface area contributed by atoms with Gasteiger partial charge < -0.3 is 4.98 Å². The van der Waals surface area contributed by atoms with Crippen LogP contribution in [0.15, 0.2) is 0 Å². The smallest absolute Gasteiger partial charge is 0.167 e. The number of carbonyl (C=O) groups is 2. The molecule has 0 bridgehead atoms. The monoisotopic (exact) mass is 389 g/mol. The maximum absolute atomic E-state index is 12.4. The Bertz CT molecular complexity index is 559. The number of aryl methyl sites for hydroxylation is 1. The molecule has 1 rings (SSSR count). The molecular formula is C25H43NO2. The lowest BCUT2D eigenvalue weighted by atomic mass is 10.00. The minimum Gasteiger partial charge on any atom is -0.356 e. The molecule has 0 aliphatic heterocycles. The number of H-pyrrole nitrogens is 1. The minimum absolute atomic E-state index is 0.110. The lowest BCUT2D eigenvalue weighted by Crippen LogP contribution is -2.03. The fourth-order valence-electron chi connectivity index (χ4n) is 3.98. The lowest BCUT2D eigenvalue weighted by molar-refractivity contribution is 0.0972. The third-order valence-electron chi connectivity index (χ3n) is 5.93. The van der Waals surface area contributed by atoms with Crippen LogP contribution in [0.5, 0.6) is 0 Å². The summed E-state index contributed by atoms with van der Waals surface area (Å²) >= 11 is 0. The van der Waals surface area contributed by atoms with Crippen molar-refractivity contribution in [2.24, 2.45) is 0 Å². The molecule has 3 heteroatoms. The van der Waals surface area contributed by atoms with Crippen molar-refractivity contribution in [3.63, 3.8) is 0 Å². The average molecular weight is 390 g/mol. The summed E-state index contributed by atoms with van der Waals surface area (Å²) in [6.45, 7) is 6.10. The summed E-state index contributed by atoms with van der Waals surface area (Å²) < 4.78 is 0. The molecule has 1 N–H and O–H groups in total. The zero-order valence-corrected chi connectivity index (χ0v) is 18.7. The Morgan fingerprint density at radius 2 is 1.18 bits per heavy atom. The number of Topliss-reactive ketones (excluding diaryl/α,β-unsaturated/α-hetero) is 1. The van der Waals surface area contributed by atoms with Crippen LogP contribution < -0.4 is 0 Å². The van der Waals surface area contributed by atoms with Crippen LogP contribution in [0.1, 0.15) is 142 Å². The Hall–Kier alpha value is -1.38. The van der Waals surface area contributed by atoms with E-state index in [1.807, 2.05) is 13.8 Å². The van der Waals surface area contributed by atoms with Crippen LogP contribution in [0.3, 0.4) is 0 Å². The van der Waals surface area contributed by atoms with E-state index in [9.17, 15) is 9.59 Å². The lowest BCUT2D eigenvalue weighted by Gasteiger charge is -2.04. The Balaban J connectivity index is 1.96. The highest BCUT2D eigenvalue weighted by atomic mass is 16.1. The van der Waals surface area contributed by atoms with Gasteiger partial charge in [-0.15, -0.1) is 0 Å². The first kappa shape index (κ1) is 24.7. The van der Waals surface area contributed by atoms with Crippen LogP contribution in [-0.2, 0) is 0 Å². The van der Waals surface area contributed by atoms with Gasteiger partial charge in [-0.25, -0.2) is 0 Å². The second-order valence-corrected chi connectivity index (χ2v) is 8.40. The predicted octanol–water partition coefficient (Wildman–Crippen LogP) is 7.89. The van der Waals surface area contributed by atoms with Gasteiger partial charge in [0.25, 0.3) is 0 Å². The van der Waals surface area contributed by atoms with E-state index in [2.05, 4.69) is 11.9 Å². The number of hydrogen-bond donors (Lipinski definition) is 1. The maximum atomic E-state index is 12.4. The Kier molecular flexibility index (Phi) is 13.7. The van der Waals surface area contributed by atoms with E-state index in [4.69, 9.17) is 0 Å². The molecule has 1 aromatic heterocycles. The highest BCUT2D eigenvalue weighted by Gasteiger charge is 2.17. The molecule has 1 aromatic rings. The molecule has 0 atom stereocenters. The largest absolute Gasteiger partial charge is 0.356 e. The van der Waals surface area contributed by atoms with Crippen LogP contribution in [0.2, 0.25) is 0 Å². The first-order chi connectivity index (χ1) is 13.6. The van der Waals surface area contributed by atoms with Crippen molar-refractivity contribution in [3.05, 3.63) is 22.5 Å². The molecule has 0 aliphatic carbocycles. The van der Waals surface area contributed by atoms with Crippen LogP contribution in [-0.4, -0.2) is 17.1 Å². The number of aromatic nitrogens is 1. The van der Waals surface area contributed by atoms with E-state index in [0.717, 1.165) is 30.4 Å². The van der Waals surface area contributed by atoms with Crippen molar-refractivity contribution >= 4 is 12.1 Å².